The minimum atomic E-state index is -0.273. The highest BCUT2D eigenvalue weighted by atomic mass is 19.1. The number of rotatable bonds is 3. The molecule has 1 fully saturated rings. The zero-order valence-electron chi connectivity index (χ0n) is 9.73. The molecule has 3 N–H and O–H groups in total. The summed E-state index contributed by atoms with van der Waals surface area (Å²) in [7, 11) is 0. The van der Waals surface area contributed by atoms with Crippen molar-refractivity contribution in [2.24, 2.45) is 0 Å². The summed E-state index contributed by atoms with van der Waals surface area (Å²) in [5, 5.41) is 3.18. The van der Waals surface area contributed by atoms with Crippen LogP contribution in [0.25, 0.3) is 11.1 Å². The van der Waals surface area contributed by atoms with Crippen molar-refractivity contribution in [2.45, 2.75) is 18.9 Å². The first-order valence-corrected chi connectivity index (χ1v) is 5.87. The van der Waals surface area contributed by atoms with E-state index in [1.807, 2.05) is 0 Å². The van der Waals surface area contributed by atoms with Gasteiger partial charge >= 0.3 is 0 Å². The summed E-state index contributed by atoms with van der Waals surface area (Å²) >= 11 is 0. The Bertz CT molecular complexity index is 564. The van der Waals surface area contributed by atoms with E-state index in [2.05, 4.69) is 15.3 Å². The molecule has 0 unspecified atom stereocenters. The van der Waals surface area contributed by atoms with Crippen molar-refractivity contribution in [1.29, 1.82) is 0 Å². The molecule has 4 nitrogen and oxygen atoms in total. The molecule has 92 valence electrons. The number of hydrogen-bond donors (Lipinski definition) is 2. The molecule has 2 aromatic rings. The first-order valence-electron chi connectivity index (χ1n) is 5.87. The highest BCUT2D eigenvalue weighted by molar-refractivity contribution is 5.73. The lowest BCUT2D eigenvalue weighted by Gasteiger charge is -2.07. The van der Waals surface area contributed by atoms with Crippen LogP contribution in [0.3, 0.4) is 0 Å². The van der Waals surface area contributed by atoms with Crippen molar-refractivity contribution in [3.05, 3.63) is 36.3 Å². The van der Waals surface area contributed by atoms with Crippen LogP contribution in [-0.2, 0) is 0 Å². The fourth-order valence-electron chi connectivity index (χ4n) is 1.73. The Hall–Kier alpha value is -2.17. The SMILES string of the molecule is Nc1nc(NC2CC2)ncc1-c1ccc(F)cc1. The maximum atomic E-state index is 12.8. The fourth-order valence-corrected chi connectivity index (χ4v) is 1.73. The predicted octanol–water partition coefficient (Wildman–Crippen LogP) is 2.44. The molecular formula is C13H13FN4. The van der Waals surface area contributed by atoms with Gasteiger partial charge in [-0.25, -0.2) is 9.37 Å². The minimum absolute atomic E-state index is 0.273. The third kappa shape index (κ3) is 2.25. The average Bonchev–Trinajstić information content (AvgIpc) is 3.15. The number of aromatic nitrogens is 2. The number of halogens is 1. The predicted molar refractivity (Wildman–Crippen MR) is 68.5 cm³/mol. The molecular weight excluding hydrogens is 231 g/mol. The highest BCUT2D eigenvalue weighted by Gasteiger charge is 2.22. The van der Waals surface area contributed by atoms with Crippen molar-refractivity contribution < 1.29 is 4.39 Å². The van der Waals surface area contributed by atoms with Crippen LogP contribution < -0.4 is 11.1 Å². The molecule has 1 aromatic heterocycles. The summed E-state index contributed by atoms with van der Waals surface area (Å²) in [5.41, 5.74) is 7.43. The quantitative estimate of drug-likeness (QED) is 0.870. The fraction of sp³-hybridized carbons (Fsp3) is 0.231. The van der Waals surface area contributed by atoms with E-state index in [9.17, 15) is 4.39 Å². The molecule has 1 aliphatic rings. The normalized spacial score (nSPS) is 14.5. The Morgan fingerprint density at radius 3 is 2.56 bits per heavy atom. The second kappa shape index (κ2) is 4.25. The van der Waals surface area contributed by atoms with E-state index in [0.29, 0.717) is 17.8 Å². The number of nitrogen functional groups attached to an aromatic ring is 1. The van der Waals surface area contributed by atoms with Crippen LogP contribution in [0.5, 0.6) is 0 Å². The lowest BCUT2D eigenvalue weighted by Crippen LogP contribution is -2.07. The highest BCUT2D eigenvalue weighted by Crippen LogP contribution is 2.27. The Labute approximate surface area is 104 Å². The van der Waals surface area contributed by atoms with E-state index in [0.717, 1.165) is 24.0 Å². The van der Waals surface area contributed by atoms with E-state index in [4.69, 9.17) is 5.73 Å². The van der Waals surface area contributed by atoms with Gasteiger partial charge < -0.3 is 11.1 Å². The summed E-state index contributed by atoms with van der Waals surface area (Å²) in [4.78, 5) is 8.44. The smallest absolute Gasteiger partial charge is 0.224 e. The Balaban J connectivity index is 1.89. The van der Waals surface area contributed by atoms with Gasteiger partial charge in [0.05, 0.1) is 0 Å². The van der Waals surface area contributed by atoms with Gasteiger partial charge in [0.15, 0.2) is 0 Å². The molecule has 0 spiro atoms. The number of anilines is 2. The maximum Gasteiger partial charge on any atom is 0.224 e. The van der Waals surface area contributed by atoms with Gasteiger partial charge in [-0.1, -0.05) is 12.1 Å². The summed E-state index contributed by atoms with van der Waals surface area (Å²) < 4.78 is 12.8. The molecule has 1 aromatic carbocycles. The second-order valence-electron chi connectivity index (χ2n) is 4.42. The number of benzene rings is 1. The molecule has 0 bridgehead atoms. The molecule has 18 heavy (non-hydrogen) atoms. The van der Waals surface area contributed by atoms with Crippen molar-refractivity contribution in [3.8, 4) is 11.1 Å². The van der Waals surface area contributed by atoms with Gasteiger partial charge in [-0.05, 0) is 30.5 Å². The first kappa shape index (κ1) is 11.0. The largest absolute Gasteiger partial charge is 0.383 e. The lowest BCUT2D eigenvalue weighted by atomic mass is 10.1. The van der Waals surface area contributed by atoms with Gasteiger partial charge in [0.2, 0.25) is 5.95 Å². The lowest BCUT2D eigenvalue weighted by molar-refractivity contribution is 0.628. The van der Waals surface area contributed by atoms with Gasteiger partial charge in [0.1, 0.15) is 11.6 Å². The van der Waals surface area contributed by atoms with Gasteiger partial charge in [-0.2, -0.15) is 4.98 Å². The molecule has 0 radical (unpaired) electrons. The van der Waals surface area contributed by atoms with Crippen LogP contribution in [0, 0.1) is 5.82 Å². The van der Waals surface area contributed by atoms with Crippen LogP contribution in [0.1, 0.15) is 12.8 Å². The van der Waals surface area contributed by atoms with Gasteiger partial charge in [0, 0.05) is 17.8 Å². The molecule has 0 amide bonds. The molecule has 0 aliphatic heterocycles. The van der Waals surface area contributed by atoms with Gasteiger partial charge in [-0.15, -0.1) is 0 Å². The molecule has 0 atom stereocenters. The number of nitrogens with two attached hydrogens (primary N) is 1. The zero-order chi connectivity index (χ0) is 12.5. The summed E-state index contributed by atoms with van der Waals surface area (Å²) in [5.74, 6) is 0.686. The monoisotopic (exact) mass is 244 g/mol. The second-order valence-corrected chi connectivity index (χ2v) is 4.42. The number of hydrogen-bond acceptors (Lipinski definition) is 4. The van der Waals surface area contributed by atoms with Crippen LogP contribution >= 0.6 is 0 Å². The number of nitrogens with zero attached hydrogens (tertiary/aromatic N) is 2. The van der Waals surface area contributed by atoms with Crippen molar-refractivity contribution in [1.82, 2.24) is 9.97 Å². The molecule has 3 rings (SSSR count). The molecule has 1 heterocycles. The van der Waals surface area contributed by atoms with Crippen molar-refractivity contribution in [3.63, 3.8) is 0 Å². The minimum Gasteiger partial charge on any atom is -0.383 e. The molecule has 5 heteroatoms. The van der Waals surface area contributed by atoms with E-state index >= 15 is 0 Å². The molecule has 1 aliphatic carbocycles. The average molecular weight is 244 g/mol. The standard InChI is InChI=1S/C13H13FN4/c14-9-3-1-8(2-4-9)11-7-16-13(18-12(11)15)17-10-5-6-10/h1-4,7,10H,5-6H2,(H3,15,16,17,18). The first-order chi connectivity index (χ1) is 8.72. The van der Waals surface area contributed by atoms with E-state index in [1.54, 1.807) is 18.3 Å². The molecule has 1 saturated carbocycles. The van der Waals surface area contributed by atoms with Crippen LogP contribution in [0.15, 0.2) is 30.5 Å². The Morgan fingerprint density at radius 2 is 1.94 bits per heavy atom. The van der Waals surface area contributed by atoms with Crippen molar-refractivity contribution in [2.75, 3.05) is 11.1 Å². The van der Waals surface area contributed by atoms with Crippen LogP contribution in [-0.4, -0.2) is 16.0 Å². The summed E-state index contributed by atoms with van der Waals surface area (Å²) in [6.07, 6.45) is 3.98. The summed E-state index contributed by atoms with van der Waals surface area (Å²) in [6.45, 7) is 0. The topological polar surface area (TPSA) is 63.8 Å². The van der Waals surface area contributed by atoms with E-state index in [-0.39, 0.29) is 5.82 Å². The van der Waals surface area contributed by atoms with E-state index in [1.165, 1.54) is 12.1 Å². The maximum absolute atomic E-state index is 12.8. The van der Waals surface area contributed by atoms with Gasteiger partial charge in [0.25, 0.3) is 0 Å². The zero-order valence-corrected chi connectivity index (χ0v) is 9.73. The summed E-state index contributed by atoms with van der Waals surface area (Å²) in [6, 6.07) is 6.61. The Morgan fingerprint density at radius 1 is 1.22 bits per heavy atom. The van der Waals surface area contributed by atoms with Crippen molar-refractivity contribution >= 4 is 11.8 Å². The number of nitrogens with one attached hydrogen (secondary N) is 1. The third-order valence-electron chi connectivity index (χ3n) is 2.88. The van der Waals surface area contributed by atoms with Crippen LogP contribution in [0.2, 0.25) is 0 Å². The third-order valence-corrected chi connectivity index (χ3v) is 2.88. The molecule has 0 saturated heterocycles. The van der Waals surface area contributed by atoms with E-state index < -0.39 is 0 Å². The van der Waals surface area contributed by atoms with Gasteiger partial charge in [-0.3, -0.25) is 0 Å². The Kier molecular flexibility index (Phi) is 2.59. The van der Waals surface area contributed by atoms with Crippen LogP contribution in [0.4, 0.5) is 16.2 Å².